The average Bonchev–Trinajstić information content (AvgIpc) is 2.57. The minimum absolute atomic E-state index is 0. The third-order valence-electron chi connectivity index (χ3n) is 4.66. The summed E-state index contributed by atoms with van der Waals surface area (Å²) in [4.78, 5) is 2.22. The normalized spacial score (nSPS) is 17.8. The first-order valence-electron chi connectivity index (χ1n) is 8.03. The number of benzene rings is 2. The number of alkyl halides is 3. The zero-order chi connectivity index (χ0) is 17.2. The molecule has 25 heavy (non-hydrogen) atoms. The highest BCUT2D eigenvalue weighted by atomic mass is 35.5. The van der Waals surface area contributed by atoms with Crippen molar-refractivity contribution < 1.29 is 18.3 Å². The van der Waals surface area contributed by atoms with Crippen LogP contribution < -0.4 is 0 Å². The lowest BCUT2D eigenvalue weighted by atomic mass is 9.83. The SMILES string of the molecule is Cl.OC1(c2cccc(C(F)(F)F)c2)CCN(Cc2ccccc2)CC1. The van der Waals surface area contributed by atoms with Crippen molar-refractivity contribution in [1.82, 2.24) is 4.90 Å². The number of rotatable bonds is 3. The second-order valence-corrected chi connectivity index (χ2v) is 6.37. The lowest BCUT2D eigenvalue weighted by molar-refractivity contribution is -0.137. The van der Waals surface area contributed by atoms with E-state index in [1.165, 1.54) is 11.6 Å². The molecule has 0 amide bonds. The molecule has 2 aromatic rings. The van der Waals surface area contributed by atoms with Crippen molar-refractivity contribution in [2.75, 3.05) is 13.1 Å². The van der Waals surface area contributed by atoms with Gasteiger partial charge in [0, 0.05) is 19.6 Å². The maximum atomic E-state index is 12.9. The Kier molecular flexibility index (Phi) is 6.14. The molecule has 2 aromatic carbocycles. The van der Waals surface area contributed by atoms with Gasteiger partial charge in [-0.3, -0.25) is 4.90 Å². The summed E-state index contributed by atoms with van der Waals surface area (Å²) in [5.41, 5.74) is -0.340. The standard InChI is InChI=1S/C19H20F3NO.ClH/c20-19(21,22)17-8-4-7-16(13-17)18(24)9-11-23(12-10-18)14-15-5-2-1-3-6-15;/h1-8,13,24H,9-12,14H2;1H. The van der Waals surface area contributed by atoms with Gasteiger partial charge in [-0.05, 0) is 36.1 Å². The average molecular weight is 372 g/mol. The van der Waals surface area contributed by atoms with E-state index >= 15 is 0 Å². The monoisotopic (exact) mass is 371 g/mol. The van der Waals surface area contributed by atoms with Gasteiger partial charge in [0.2, 0.25) is 0 Å². The van der Waals surface area contributed by atoms with E-state index in [0.29, 0.717) is 31.5 Å². The molecule has 1 aliphatic rings. The van der Waals surface area contributed by atoms with E-state index in [9.17, 15) is 18.3 Å². The smallest absolute Gasteiger partial charge is 0.385 e. The van der Waals surface area contributed by atoms with Crippen LogP contribution in [-0.2, 0) is 18.3 Å². The predicted molar refractivity (Wildman–Crippen MR) is 93.5 cm³/mol. The Hall–Kier alpha value is -1.56. The Morgan fingerprint density at radius 2 is 1.60 bits per heavy atom. The Balaban J connectivity index is 0.00000225. The van der Waals surface area contributed by atoms with Gasteiger partial charge in [0.1, 0.15) is 0 Å². The zero-order valence-corrected chi connectivity index (χ0v) is 14.5. The molecule has 3 rings (SSSR count). The summed E-state index contributed by atoms with van der Waals surface area (Å²) >= 11 is 0. The van der Waals surface area contributed by atoms with E-state index in [4.69, 9.17) is 0 Å². The molecular weight excluding hydrogens is 351 g/mol. The first kappa shape index (κ1) is 19.8. The van der Waals surface area contributed by atoms with Crippen LogP contribution in [0.3, 0.4) is 0 Å². The number of aliphatic hydroxyl groups is 1. The lowest BCUT2D eigenvalue weighted by Crippen LogP contribution is -2.42. The number of halogens is 4. The van der Waals surface area contributed by atoms with Crippen molar-refractivity contribution in [3.63, 3.8) is 0 Å². The van der Waals surface area contributed by atoms with E-state index in [0.717, 1.165) is 18.7 Å². The van der Waals surface area contributed by atoms with Gasteiger partial charge in [-0.25, -0.2) is 0 Å². The van der Waals surface area contributed by atoms with Gasteiger partial charge in [0.25, 0.3) is 0 Å². The van der Waals surface area contributed by atoms with Crippen molar-refractivity contribution in [2.45, 2.75) is 31.2 Å². The van der Waals surface area contributed by atoms with Crippen LogP contribution >= 0.6 is 12.4 Å². The number of likely N-dealkylation sites (tertiary alicyclic amines) is 1. The molecule has 1 fully saturated rings. The largest absolute Gasteiger partial charge is 0.416 e. The summed E-state index contributed by atoms with van der Waals surface area (Å²) in [6.07, 6.45) is -3.53. The van der Waals surface area contributed by atoms with Gasteiger partial charge in [-0.1, -0.05) is 42.5 Å². The highest BCUT2D eigenvalue weighted by molar-refractivity contribution is 5.85. The van der Waals surface area contributed by atoms with Gasteiger partial charge in [-0.15, -0.1) is 12.4 Å². The van der Waals surface area contributed by atoms with E-state index in [1.54, 1.807) is 6.07 Å². The second-order valence-electron chi connectivity index (χ2n) is 6.37. The molecule has 136 valence electrons. The molecule has 0 radical (unpaired) electrons. The van der Waals surface area contributed by atoms with Crippen molar-refractivity contribution in [2.24, 2.45) is 0 Å². The Labute approximate surface area is 151 Å². The summed E-state index contributed by atoms with van der Waals surface area (Å²) in [5, 5.41) is 10.8. The van der Waals surface area contributed by atoms with Gasteiger partial charge >= 0.3 is 6.18 Å². The molecule has 0 aliphatic carbocycles. The van der Waals surface area contributed by atoms with Crippen LogP contribution in [0.4, 0.5) is 13.2 Å². The van der Waals surface area contributed by atoms with Gasteiger partial charge < -0.3 is 5.11 Å². The molecule has 1 heterocycles. The fourth-order valence-corrected chi connectivity index (χ4v) is 3.20. The van der Waals surface area contributed by atoms with E-state index < -0.39 is 17.3 Å². The molecule has 1 N–H and O–H groups in total. The molecule has 0 spiro atoms. The van der Waals surface area contributed by atoms with Crippen molar-refractivity contribution in [1.29, 1.82) is 0 Å². The molecule has 1 saturated heterocycles. The molecule has 6 heteroatoms. The predicted octanol–water partition coefficient (Wildman–Crippen LogP) is 4.61. The molecule has 0 atom stereocenters. The van der Waals surface area contributed by atoms with Gasteiger partial charge in [0.15, 0.2) is 0 Å². The molecule has 1 aliphatic heterocycles. The van der Waals surface area contributed by atoms with Crippen LogP contribution in [0, 0.1) is 0 Å². The first-order chi connectivity index (χ1) is 11.4. The maximum absolute atomic E-state index is 12.9. The molecule has 2 nitrogen and oxygen atoms in total. The third-order valence-corrected chi connectivity index (χ3v) is 4.66. The van der Waals surface area contributed by atoms with Crippen molar-refractivity contribution in [3.8, 4) is 0 Å². The molecule has 0 bridgehead atoms. The zero-order valence-electron chi connectivity index (χ0n) is 13.7. The van der Waals surface area contributed by atoms with E-state index in [2.05, 4.69) is 4.90 Å². The highest BCUT2D eigenvalue weighted by Crippen LogP contribution is 2.36. The van der Waals surface area contributed by atoms with Crippen molar-refractivity contribution >= 4 is 12.4 Å². The number of hydrogen-bond donors (Lipinski definition) is 1. The summed E-state index contributed by atoms with van der Waals surface area (Å²) < 4.78 is 38.6. The first-order valence-corrected chi connectivity index (χ1v) is 8.03. The highest BCUT2D eigenvalue weighted by Gasteiger charge is 2.36. The van der Waals surface area contributed by atoms with Crippen LogP contribution in [0.15, 0.2) is 54.6 Å². The molecule has 0 aromatic heterocycles. The minimum Gasteiger partial charge on any atom is -0.385 e. The second kappa shape index (κ2) is 7.77. The molecular formula is C19H21ClF3NO. The van der Waals surface area contributed by atoms with Crippen LogP contribution in [0.25, 0.3) is 0 Å². The Morgan fingerprint density at radius 1 is 0.960 bits per heavy atom. The van der Waals surface area contributed by atoms with Crippen molar-refractivity contribution in [3.05, 3.63) is 71.3 Å². The number of nitrogens with zero attached hydrogens (tertiary/aromatic N) is 1. The number of piperidine rings is 1. The fourth-order valence-electron chi connectivity index (χ4n) is 3.20. The third kappa shape index (κ3) is 4.75. The maximum Gasteiger partial charge on any atom is 0.416 e. The molecule has 0 unspecified atom stereocenters. The lowest BCUT2D eigenvalue weighted by Gasteiger charge is -2.38. The fraction of sp³-hybridized carbons (Fsp3) is 0.368. The quantitative estimate of drug-likeness (QED) is 0.851. The van der Waals surface area contributed by atoms with Crippen LogP contribution in [-0.4, -0.2) is 23.1 Å². The summed E-state index contributed by atoms with van der Waals surface area (Å²) in [6, 6.07) is 15.1. The van der Waals surface area contributed by atoms with Gasteiger partial charge in [0.05, 0.1) is 11.2 Å². The summed E-state index contributed by atoms with van der Waals surface area (Å²) in [7, 11) is 0. The number of hydrogen-bond acceptors (Lipinski definition) is 2. The van der Waals surface area contributed by atoms with Crippen LogP contribution in [0.5, 0.6) is 0 Å². The van der Waals surface area contributed by atoms with Crippen LogP contribution in [0.1, 0.15) is 29.5 Å². The Bertz CT molecular complexity index is 683. The minimum atomic E-state index is -4.39. The van der Waals surface area contributed by atoms with Crippen LogP contribution in [0.2, 0.25) is 0 Å². The summed E-state index contributed by atoms with van der Waals surface area (Å²) in [5.74, 6) is 0. The molecule has 0 saturated carbocycles. The summed E-state index contributed by atoms with van der Waals surface area (Å²) in [6.45, 7) is 2.10. The topological polar surface area (TPSA) is 23.5 Å². The Morgan fingerprint density at radius 3 is 2.20 bits per heavy atom. The van der Waals surface area contributed by atoms with E-state index in [-0.39, 0.29) is 12.4 Å². The van der Waals surface area contributed by atoms with Gasteiger partial charge in [-0.2, -0.15) is 13.2 Å². The van der Waals surface area contributed by atoms with E-state index in [1.807, 2.05) is 30.3 Å².